The average Bonchev–Trinajstić information content (AvgIpc) is 2.87. The van der Waals surface area contributed by atoms with E-state index in [-0.39, 0.29) is 0 Å². The second-order valence-corrected chi connectivity index (χ2v) is 4.89. The molecule has 1 aromatic carbocycles. The van der Waals surface area contributed by atoms with Crippen molar-refractivity contribution in [2.75, 3.05) is 11.9 Å². The van der Waals surface area contributed by atoms with Gasteiger partial charge in [0.1, 0.15) is 0 Å². The molecule has 18 heavy (non-hydrogen) atoms. The van der Waals surface area contributed by atoms with Crippen molar-refractivity contribution in [2.24, 2.45) is 0 Å². The second kappa shape index (κ2) is 4.84. The maximum absolute atomic E-state index is 4.45. The van der Waals surface area contributed by atoms with Gasteiger partial charge in [0.15, 0.2) is 0 Å². The van der Waals surface area contributed by atoms with E-state index in [1.807, 2.05) is 6.20 Å². The number of nitrogens with one attached hydrogen (secondary N) is 1. The molecule has 0 radical (unpaired) electrons. The van der Waals surface area contributed by atoms with Crippen LogP contribution >= 0.6 is 0 Å². The number of hydrogen-bond donors (Lipinski definition) is 1. The third-order valence-corrected chi connectivity index (χ3v) is 3.59. The lowest BCUT2D eigenvalue weighted by molar-refractivity contribution is 0.601. The van der Waals surface area contributed by atoms with E-state index in [1.165, 1.54) is 16.8 Å². The van der Waals surface area contributed by atoms with Crippen molar-refractivity contribution in [3.8, 4) is 0 Å². The number of para-hydroxylation sites is 1. The van der Waals surface area contributed by atoms with Crippen molar-refractivity contribution in [1.29, 1.82) is 0 Å². The number of fused-ring (bicyclic) bond motifs is 1. The predicted octanol–water partition coefficient (Wildman–Crippen LogP) is 3.24. The molecule has 0 bridgehead atoms. The molecule has 0 amide bonds. The molecule has 0 spiro atoms. The van der Waals surface area contributed by atoms with Crippen LogP contribution in [0.5, 0.6) is 0 Å². The summed E-state index contributed by atoms with van der Waals surface area (Å²) in [7, 11) is 0. The molecule has 1 aliphatic rings. The van der Waals surface area contributed by atoms with E-state index in [0.29, 0.717) is 5.92 Å². The second-order valence-electron chi connectivity index (χ2n) is 4.89. The lowest BCUT2D eigenvalue weighted by Gasteiger charge is -2.25. The summed E-state index contributed by atoms with van der Waals surface area (Å²) in [6, 6.07) is 8.60. The van der Waals surface area contributed by atoms with Crippen LogP contribution in [-0.4, -0.2) is 16.3 Å². The molecule has 1 aliphatic heterocycles. The summed E-state index contributed by atoms with van der Waals surface area (Å²) < 4.78 is 2.06. The average molecular weight is 241 g/mol. The van der Waals surface area contributed by atoms with Gasteiger partial charge in [-0.2, -0.15) is 5.10 Å². The van der Waals surface area contributed by atoms with Crippen LogP contribution < -0.4 is 5.32 Å². The van der Waals surface area contributed by atoms with E-state index < -0.39 is 0 Å². The lowest BCUT2D eigenvalue weighted by Crippen LogP contribution is -2.17. The first-order chi connectivity index (χ1) is 8.88. The van der Waals surface area contributed by atoms with Crippen LogP contribution in [0.3, 0.4) is 0 Å². The number of rotatable bonds is 3. The molecule has 1 N–H and O–H groups in total. The molecule has 3 heteroatoms. The summed E-state index contributed by atoms with van der Waals surface area (Å²) in [4.78, 5) is 0. The van der Waals surface area contributed by atoms with E-state index >= 15 is 0 Å². The highest BCUT2D eigenvalue weighted by molar-refractivity contribution is 5.56. The Bertz CT molecular complexity index is 530. The summed E-state index contributed by atoms with van der Waals surface area (Å²) in [5, 5.41) is 7.92. The van der Waals surface area contributed by atoms with Gasteiger partial charge in [0.05, 0.1) is 6.20 Å². The van der Waals surface area contributed by atoms with Crippen molar-refractivity contribution in [3.63, 3.8) is 0 Å². The number of hydrogen-bond acceptors (Lipinski definition) is 2. The van der Waals surface area contributed by atoms with Gasteiger partial charge in [0, 0.05) is 30.9 Å². The fourth-order valence-electron chi connectivity index (χ4n) is 2.73. The van der Waals surface area contributed by atoms with Gasteiger partial charge in [-0.25, -0.2) is 0 Å². The van der Waals surface area contributed by atoms with Crippen molar-refractivity contribution in [3.05, 3.63) is 47.8 Å². The lowest BCUT2D eigenvalue weighted by atomic mass is 9.87. The smallest absolute Gasteiger partial charge is 0.0528 e. The number of nitrogens with zero attached hydrogens (tertiary/aromatic N) is 2. The van der Waals surface area contributed by atoms with Gasteiger partial charge in [0.2, 0.25) is 0 Å². The number of aromatic nitrogens is 2. The van der Waals surface area contributed by atoms with Crippen LogP contribution in [-0.2, 0) is 6.54 Å². The molecule has 2 aromatic rings. The highest BCUT2D eigenvalue weighted by Crippen LogP contribution is 2.35. The van der Waals surface area contributed by atoms with Crippen LogP contribution in [0, 0.1) is 0 Å². The van der Waals surface area contributed by atoms with E-state index in [1.54, 1.807) is 0 Å². The first-order valence-electron chi connectivity index (χ1n) is 6.73. The van der Waals surface area contributed by atoms with E-state index in [9.17, 15) is 0 Å². The fourth-order valence-corrected chi connectivity index (χ4v) is 2.73. The van der Waals surface area contributed by atoms with Crippen LogP contribution in [0.4, 0.5) is 5.69 Å². The molecule has 1 unspecified atom stereocenters. The molecular weight excluding hydrogens is 222 g/mol. The summed E-state index contributed by atoms with van der Waals surface area (Å²) in [6.07, 6.45) is 6.51. The summed E-state index contributed by atoms with van der Waals surface area (Å²) in [6.45, 7) is 4.23. The number of anilines is 1. The first kappa shape index (κ1) is 11.3. The zero-order chi connectivity index (χ0) is 12.4. The third-order valence-electron chi connectivity index (χ3n) is 3.59. The fraction of sp³-hybridized carbons (Fsp3) is 0.400. The maximum atomic E-state index is 4.45. The molecule has 3 rings (SSSR count). The Morgan fingerprint density at radius 1 is 1.39 bits per heavy atom. The summed E-state index contributed by atoms with van der Waals surface area (Å²) in [5.41, 5.74) is 4.02. The normalized spacial score (nSPS) is 18.2. The van der Waals surface area contributed by atoms with E-state index in [2.05, 4.69) is 52.5 Å². The van der Waals surface area contributed by atoms with Gasteiger partial charge < -0.3 is 5.32 Å². The SMILES string of the molecule is CCCn1cc(C2CCNc3ccccc32)cn1. The third kappa shape index (κ3) is 2.01. The molecule has 0 saturated carbocycles. The predicted molar refractivity (Wildman–Crippen MR) is 73.9 cm³/mol. The van der Waals surface area contributed by atoms with Crippen LogP contribution in [0.1, 0.15) is 36.8 Å². The van der Waals surface area contributed by atoms with Gasteiger partial charge in [-0.05, 0) is 30.0 Å². The monoisotopic (exact) mass is 241 g/mol. The van der Waals surface area contributed by atoms with Crippen molar-refractivity contribution < 1.29 is 0 Å². The molecule has 0 aliphatic carbocycles. The topological polar surface area (TPSA) is 29.9 Å². The minimum absolute atomic E-state index is 0.494. The van der Waals surface area contributed by atoms with Gasteiger partial charge in [0.25, 0.3) is 0 Å². The first-order valence-corrected chi connectivity index (χ1v) is 6.73. The maximum Gasteiger partial charge on any atom is 0.0528 e. The molecular formula is C15H19N3. The molecule has 2 heterocycles. The van der Waals surface area contributed by atoms with Gasteiger partial charge in [-0.3, -0.25) is 4.68 Å². The summed E-state index contributed by atoms with van der Waals surface area (Å²) >= 11 is 0. The Hall–Kier alpha value is -1.77. The van der Waals surface area contributed by atoms with Gasteiger partial charge in [-0.15, -0.1) is 0 Å². The molecule has 3 nitrogen and oxygen atoms in total. The van der Waals surface area contributed by atoms with Gasteiger partial charge in [-0.1, -0.05) is 25.1 Å². The molecule has 0 fully saturated rings. The van der Waals surface area contributed by atoms with Crippen molar-refractivity contribution in [2.45, 2.75) is 32.2 Å². The Morgan fingerprint density at radius 3 is 3.17 bits per heavy atom. The minimum atomic E-state index is 0.494. The Morgan fingerprint density at radius 2 is 2.28 bits per heavy atom. The van der Waals surface area contributed by atoms with E-state index in [0.717, 1.165) is 25.9 Å². The molecule has 1 atom stereocenters. The minimum Gasteiger partial charge on any atom is -0.385 e. The standard InChI is InChI=1S/C15H19N3/c1-2-9-18-11-12(10-17-18)13-7-8-16-15-6-4-3-5-14(13)15/h3-6,10-11,13,16H,2,7-9H2,1H3. The Balaban J connectivity index is 1.92. The zero-order valence-electron chi connectivity index (χ0n) is 10.8. The largest absolute Gasteiger partial charge is 0.385 e. The van der Waals surface area contributed by atoms with Crippen molar-refractivity contribution >= 4 is 5.69 Å². The Kier molecular flexibility index (Phi) is 3.05. The van der Waals surface area contributed by atoms with Crippen LogP contribution in [0.15, 0.2) is 36.7 Å². The van der Waals surface area contributed by atoms with Crippen LogP contribution in [0.25, 0.3) is 0 Å². The molecule has 1 aromatic heterocycles. The van der Waals surface area contributed by atoms with Crippen molar-refractivity contribution in [1.82, 2.24) is 9.78 Å². The summed E-state index contributed by atoms with van der Waals surface area (Å²) in [5.74, 6) is 0.494. The molecule has 0 saturated heterocycles. The van der Waals surface area contributed by atoms with E-state index in [4.69, 9.17) is 0 Å². The highest BCUT2D eigenvalue weighted by Gasteiger charge is 2.22. The number of benzene rings is 1. The Labute approximate surface area is 108 Å². The highest BCUT2D eigenvalue weighted by atomic mass is 15.3. The number of aryl methyl sites for hydroxylation is 1. The van der Waals surface area contributed by atoms with Gasteiger partial charge >= 0.3 is 0 Å². The molecule has 94 valence electrons. The van der Waals surface area contributed by atoms with Crippen LogP contribution in [0.2, 0.25) is 0 Å². The zero-order valence-corrected chi connectivity index (χ0v) is 10.8. The quantitative estimate of drug-likeness (QED) is 0.894.